The van der Waals surface area contributed by atoms with Gasteiger partial charge < -0.3 is 14.6 Å². The number of carbonyl (C=O) groups excluding carboxylic acids is 2. The van der Waals surface area contributed by atoms with Gasteiger partial charge in [0.15, 0.2) is 6.10 Å². The zero-order valence-electron chi connectivity index (χ0n) is 33.0. The third kappa shape index (κ3) is 39.3. The molecule has 0 heterocycles. The molecule has 5 nitrogen and oxygen atoms in total. The predicted octanol–water partition coefficient (Wildman–Crippen LogP) is 13.7. The first-order valence-electron chi connectivity index (χ1n) is 21.7. The van der Waals surface area contributed by atoms with Gasteiger partial charge in [0.25, 0.3) is 0 Å². The number of hydrogen-bond acceptors (Lipinski definition) is 5. The molecule has 0 aromatic carbocycles. The highest BCUT2D eigenvalue weighted by molar-refractivity contribution is 5.70. The van der Waals surface area contributed by atoms with Crippen LogP contribution < -0.4 is 0 Å². The molecule has 0 aliphatic rings. The molecule has 0 aliphatic carbocycles. The lowest BCUT2D eigenvalue weighted by Gasteiger charge is -2.15. The molecule has 1 atom stereocenters. The molecule has 0 saturated heterocycles. The molecule has 5 heteroatoms. The van der Waals surface area contributed by atoms with Crippen molar-refractivity contribution in [2.45, 2.75) is 245 Å². The third-order valence-corrected chi connectivity index (χ3v) is 9.81. The van der Waals surface area contributed by atoms with Gasteiger partial charge in [-0.25, -0.2) is 0 Å². The van der Waals surface area contributed by atoms with Gasteiger partial charge in [-0.15, -0.1) is 0 Å². The lowest BCUT2D eigenvalue weighted by atomic mass is 10.0. The summed E-state index contributed by atoms with van der Waals surface area (Å²) in [5.41, 5.74) is 0. The average Bonchev–Trinajstić information content (AvgIpc) is 3.10. The Kier molecular flexibility index (Phi) is 39.9. The second-order valence-corrected chi connectivity index (χ2v) is 14.8. The minimum absolute atomic E-state index is 0.0629. The first-order valence-corrected chi connectivity index (χ1v) is 21.7. The summed E-state index contributed by atoms with van der Waals surface area (Å²) in [6.45, 7) is 4.15. The Labute approximate surface area is 305 Å². The Morgan fingerprint density at radius 3 is 1.10 bits per heavy atom. The molecule has 0 radical (unpaired) electrons. The maximum atomic E-state index is 12.2. The van der Waals surface area contributed by atoms with Crippen molar-refractivity contribution >= 4 is 11.9 Å². The fourth-order valence-electron chi connectivity index (χ4n) is 6.49. The van der Waals surface area contributed by atoms with Gasteiger partial charge in [-0.3, -0.25) is 9.59 Å². The first kappa shape index (κ1) is 47.6. The summed E-state index contributed by atoms with van der Waals surface area (Å²) in [5, 5.41) is 9.56. The molecule has 0 amide bonds. The van der Waals surface area contributed by atoms with Crippen molar-refractivity contribution in [3.8, 4) is 0 Å². The van der Waals surface area contributed by atoms with Crippen LogP contribution in [0.4, 0.5) is 0 Å². The van der Waals surface area contributed by atoms with Gasteiger partial charge in [0.2, 0.25) is 0 Å². The van der Waals surface area contributed by atoms with Crippen LogP contribution in [0.2, 0.25) is 0 Å². The van der Waals surface area contributed by atoms with Crippen molar-refractivity contribution in [2.24, 2.45) is 0 Å². The summed E-state index contributed by atoms with van der Waals surface area (Å²) in [6, 6.07) is 0. The number of unbranched alkanes of at least 4 members (excludes halogenated alkanes) is 30. The summed E-state index contributed by atoms with van der Waals surface area (Å²) in [4.78, 5) is 24.3. The fourth-order valence-corrected chi connectivity index (χ4v) is 6.49. The van der Waals surface area contributed by atoms with Crippen molar-refractivity contribution in [3.05, 3.63) is 12.2 Å². The second kappa shape index (κ2) is 41.1. The lowest BCUT2D eigenvalue weighted by Crippen LogP contribution is -2.28. The van der Waals surface area contributed by atoms with Crippen molar-refractivity contribution in [2.75, 3.05) is 13.2 Å². The molecule has 0 bridgehead atoms. The van der Waals surface area contributed by atoms with E-state index in [1.54, 1.807) is 0 Å². The maximum absolute atomic E-state index is 12.2. The fraction of sp³-hybridized carbons (Fsp3) is 0.909. The van der Waals surface area contributed by atoms with E-state index < -0.39 is 6.10 Å². The van der Waals surface area contributed by atoms with Crippen molar-refractivity contribution in [1.82, 2.24) is 0 Å². The summed E-state index contributed by atoms with van der Waals surface area (Å²) < 4.78 is 10.6. The van der Waals surface area contributed by atoms with Gasteiger partial charge in [0.05, 0.1) is 6.61 Å². The summed E-state index contributed by atoms with van der Waals surface area (Å²) in [6.07, 6.45) is 47.1. The third-order valence-electron chi connectivity index (χ3n) is 9.81. The molecule has 0 aliphatic heterocycles. The van der Waals surface area contributed by atoms with Gasteiger partial charge >= 0.3 is 11.9 Å². The van der Waals surface area contributed by atoms with Crippen molar-refractivity contribution < 1.29 is 24.2 Å². The summed E-state index contributed by atoms with van der Waals surface area (Å²) >= 11 is 0. The zero-order valence-corrected chi connectivity index (χ0v) is 33.0. The number of allylic oxidation sites excluding steroid dienone is 2. The van der Waals surface area contributed by atoms with Crippen LogP contribution in [0, 0.1) is 0 Å². The maximum Gasteiger partial charge on any atom is 0.306 e. The molecule has 0 rings (SSSR count). The number of rotatable bonds is 40. The van der Waals surface area contributed by atoms with E-state index in [0.29, 0.717) is 12.8 Å². The predicted molar refractivity (Wildman–Crippen MR) is 210 cm³/mol. The van der Waals surface area contributed by atoms with Crippen LogP contribution in [0.15, 0.2) is 12.2 Å². The van der Waals surface area contributed by atoms with Crippen molar-refractivity contribution in [3.63, 3.8) is 0 Å². The molecular formula is C44H84O5. The number of aliphatic hydroxyl groups is 1. The van der Waals surface area contributed by atoms with Gasteiger partial charge in [-0.05, 0) is 38.5 Å². The van der Waals surface area contributed by atoms with E-state index in [-0.39, 0.29) is 25.2 Å². The Hall–Kier alpha value is -1.36. The highest BCUT2D eigenvalue weighted by Crippen LogP contribution is 2.16. The lowest BCUT2D eigenvalue weighted by molar-refractivity contribution is -0.161. The van der Waals surface area contributed by atoms with E-state index in [9.17, 15) is 14.7 Å². The van der Waals surface area contributed by atoms with Crippen LogP contribution in [-0.4, -0.2) is 36.4 Å². The molecule has 0 aromatic rings. The SMILES string of the molecule is CCCCCCC/C=C/CCCCCCCC(=O)O[C@@H](CO)COC(=O)CCCCCCCCCCCCCCCCCCCCCCC. The minimum atomic E-state index is -0.769. The topological polar surface area (TPSA) is 72.8 Å². The monoisotopic (exact) mass is 693 g/mol. The van der Waals surface area contributed by atoms with Gasteiger partial charge in [0.1, 0.15) is 6.61 Å². The van der Waals surface area contributed by atoms with Gasteiger partial charge in [-0.1, -0.05) is 199 Å². The molecule has 49 heavy (non-hydrogen) atoms. The Bertz CT molecular complexity index is 705. The minimum Gasteiger partial charge on any atom is -0.462 e. The number of hydrogen-bond donors (Lipinski definition) is 1. The largest absolute Gasteiger partial charge is 0.462 e. The van der Waals surface area contributed by atoms with Crippen LogP contribution in [0.1, 0.15) is 239 Å². The standard InChI is InChI=1S/C44H84O5/c1-3-5-7-9-11-13-15-17-19-20-21-22-23-24-25-27-28-30-32-34-36-38-43(46)48-41-42(40-45)49-44(47)39-37-35-33-31-29-26-18-16-14-12-10-8-6-4-2/h16,18,42,45H,3-15,17,19-41H2,1-2H3/b18-16+/t42-/m0/s1. The van der Waals surface area contributed by atoms with Crippen LogP contribution in [0.25, 0.3) is 0 Å². The summed E-state index contributed by atoms with van der Waals surface area (Å²) in [7, 11) is 0. The molecule has 0 aromatic heterocycles. The smallest absolute Gasteiger partial charge is 0.306 e. The van der Waals surface area contributed by atoms with Crippen LogP contribution in [-0.2, 0) is 19.1 Å². The molecule has 0 fully saturated rings. The second-order valence-electron chi connectivity index (χ2n) is 14.8. The van der Waals surface area contributed by atoms with Crippen LogP contribution in [0.5, 0.6) is 0 Å². The van der Waals surface area contributed by atoms with E-state index in [0.717, 1.165) is 38.5 Å². The Morgan fingerprint density at radius 1 is 0.449 bits per heavy atom. The molecule has 1 N–H and O–H groups in total. The molecule has 290 valence electrons. The average molecular weight is 693 g/mol. The van der Waals surface area contributed by atoms with Gasteiger partial charge in [0, 0.05) is 12.8 Å². The Morgan fingerprint density at radius 2 is 0.755 bits per heavy atom. The normalized spacial score (nSPS) is 12.1. The van der Waals surface area contributed by atoms with Gasteiger partial charge in [-0.2, -0.15) is 0 Å². The van der Waals surface area contributed by atoms with E-state index in [2.05, 4.69) is 26.0 Å². The quantitative estimate of drug-likeness (QED) is 0.0393. The molecule has 0 spiro atoms. The van der Waals surface area contributed by atoms with Crippen molar-refractivity contribution in [1.29, 1.82) is 0 Å². The van der Waals surface area contributed by atoms with E-state index in [1.807, 2.05) is 0 Å². The van der Waals surface area contributed by atoms with E-state index in [1.165, 1.54) is 173 Å². The molecular weight excluding hydrogens is 608 g/mol. The highest BCUT2D eigenvalue weighted by atomic mass is 16.6. The van der Waals surface area contributed by atoms with E-state index >= 15 is 0 Å². The number of aliphatic hydroxyl groups excluding tert-OH is 1. The summed E-state index contributed by atoms with van der Waals surface area (Å²) in [5.74, 6) is -0.588. The first-order chi connectivity index (χ1) is 24.1. The van der Waals surface area contributed by atoms with E-state index in [4.69, 9.17) is 9.47 Å². The highest BCUT2D eigenvalue weighted by Gasteiger charge is 2.16. The van der Waals surface area contributed by atoms with Crippen LogP contribution in [0.3, 0.4) is 0 Å². The molecule has 0 saturated carbocycles. The number of carbonyl (C=O) groups is 2. The Balaban J connectivity index is 3.47. The zero-order chi connectivity index (χ0) is 35.7. The molecule has 0 unspecified atom stereocenters. The number of esters is 2. The van der Waals surface area contributed by atoms with Crippen LogP contribution >= 0.6 is 0 Å². The number of ether oxygens (including phenoxy) is 2.